The average molecular weight is 433 g/mol. The number of nitrogens with zero attached hydrogens (tertiary/aromatic N) is 2. The number of halogens is 2. The lowest BCUT2D eigenvalue weighted by molar-refractivity contribution is 1.22. The van der Waals surface area contributed by atoms with Crippen molar-refractivity contribution in [2.75, 3.05) is 0 Å². The fourth-order valence-corrected chi connectivity index (χ4v) is 3.41. The summed E-state index contributed by atoms with van der Waals surface area (Å²) in [7, 11) is 0. The normalized spacial score (nSPS) is 10.5. The molecule has 0 aliphatic carbocycles. The zero-order valence-electron chi connectivity index (χ0n) is 12.3. The van der Waals surface area contributed by atoms with Crippen LogP contribution in [0.15, 0.2) is 92.0 Å². The Morgan fingerprint density at radius 2 is 1.30 bits per heavy atom. The molecular formula is C18H15Br2N3. The third-order valence-corrected chi connectivity index (χ3v) is 4.20. The Labute approximate surface area is 152 Å². The topological polar surface area (TPSA) is 59.7 Å². The molecule has 0 aliphatic rings. The van der Waals surface area contributed by atoms with Crippen molar-refractivity contribution in [2.45, 2.75) is 0 Å². The zero-order valence-corrected chi connectivity index (χ0v) is 15.5. The van der Waals surface area contributed by atoms with Crippen molar-refractivity contribution in [1.29, 1.82) is 0 Å². The van der Waals surface area contributed by atoms with Crippen molar-refractivity contribution in [3.05, 3.63) is 81.7 Å². The molecule has 3 nitrogen and oxygen atoms in total. The summed E-state index contributed by atoms with van der Waals surface area (Å²) in [6, 6.07) is 23.9. The van der Waals surface area contributed by atoms with Gasteiger partial charge in [0.05, 0.1) is 5.69 Å². The Balaban J connectivity index is 0.00000192. The Morgan fingerprint density at radius 3 is 1.96 bits per heavy atom. The van der Waals surface area contributed by atoms with E-state index in [1.54, 1.807) is 0 Å². The minimum Gasteiger partial charge on any atom is -0.344 e. The second-order valence-corrected chi connectivity index (χ2v) is 6.46. The molecule has 0 unspecified atom stereocenters. The van der Waals surface area contributed by atoms with Gasteiger partial charge in [0, 0.05) is 14.5 Å². The van der Waals surface area contributed by atoms with Crippen molar-refractivity contribution in [3.63, 3.8) is 0 Å². The van der Waals surface area contributed by atoms with E-state index in [2.05, 4.69) is 60.3 Å². The summed E-state index contributed by atoms with van der Waals surface area (Å²) in [5.74, 6) is 0. The first-order valence-corrected chi connectivity index (χ1v) is 8.34. The molecule has 3 N–H and O–H groups in total. The SMILES string of the molecule is Brc1cc(Br)c(/N=N/c2ccccc2)c(-c2ccccc2)c1.N. The van der Waals surface area contributed by atoms with Crippen LogP contribution in [-0.2, 0) is 0 Å². The highest BCUT2D eigenvalue weighted by Gasteiger charge is 2.10. The third kappa shape index (κ3) is 4.34. The number of hydrogen-bond acceptors (Lipinski definition) is 3. The lowest BCUT2D eigenvalue weighted by atomic mass is 10.0. The summed E-state index contributed by atoms with van der Waals surface area (Å²) in [6.45, 7) is 0. The molecule has 0 radical (unpaired) electrons. The lowest BCUT2D eigenvalue weighted by Crippen LogP contribution is -1.81. The quantitative estimate of drug-likeness (QED) is 0.429. The maximum atomic E-state index is 4.45. The van der Waals surface area contributed by atoms with E-state index >= 15 is 0 Å². The second kappa shape index (κ2) is 8.15. The molecule has 0 atom stereocenters. The van der Waals surface area contributed by atoms with Crippen LogP contribution in [0.3, 0.4) is 0 Å². The van der Waals surface area contributed by atoms with Crippen LogP contribution in [0.1, 0.15) is 0 Å². The number of benzene rings is 3. The molecule has 0 bridgehead atoms. The molecule has 5 heteroatoms. The maximum Gasteiger partial charge on any atom is 0.108 e. The van der Waals surface area contributed by atoms with Gasteiger partial charge in [-0.05, 0) is 45.8 Å². The fraction of sp³-hybridized carbons (Fsp3) is 0. The molecule has 3 aromatic rings. The highest BCUT2D eigenvalue weighted by molar-refractivity contribution is 9.11. The van der Waals surface area contributed by atoms with E-state index in [1.807, 2.05) is 54.6 Å². The maximum absolute atomic E-state index is 4.45. The average Bonchev–Trinajstić information content (AvgIpc) is 2.55. The first kappa shape index (κ1) is 17.5. The number of hydrogen-bond donors (Lipinski definition) is 1. The Kier molecular flexibility index (Phi) is 6.21. The number of azo groups is 1. The summed E-state index contributed by atoms with van der Waals surface area (Å²) in [4.78, 5) is 0. The van der Waals surface area contributed by atoms with Crippen LogP contribution in [0, 0.1) is 0 Å². The predicted molar refractivity (Wildman–Crippen MR) is 103 cm³/mol. The molecule has 0 heterocycles. The molecule has 0 aromatic heterocycles. The second-order valence-electron chi connectivity index (χ2n) is 4.69. The van der Waals surface area contributed by atoms with Crippen LogP contribution in [0.2, 0.25) is 0 Å². The van der Waals surface area contributed by atoms with Gasteiger partial charge >= 0.3 is 0 Å². The molecule has 23 heavy (non-hydrogen) atoms. The Morgan fingerprint density at radius 1 is 0.696 bits per heavy atom. The zero-order chi connectivity index (χ0) is 15.4. The molecule has 0 spiro atoms. The van der Waals surface area contributed by atoms with Gasteiger partial charge in [-0.25, -0.2) is 0 Å². The molecule has 0 saturated carbocycles. The van der Waals surface area contributed by atoms with E-state index in [9.17, 15) is 0 Å². The molecule has 0 fully saturated rings. The van der Waals surface area contributed by atoms with Gasteiger partial charge in [0.15, 0.2) is 0 Å². The van der Waals surface area contributed by atoms with E-state index in [1.165, 1.54) is 0 Å². The highest BCUT2D eigenvalue weighted by atomic mass is 79.9. The van der Waals surface area contributed by atoms with Crippen LogP contribution in [0.5, 0.6) is 0 Å². The van der Waals surface area contributed by atoms with E-state index in [-0.39, 0.29) is 6.15 Å². The monoisotopic (exact) mass is 431 g/mol. The minimum absolute atomic E-state index is 0. The van der Waals surface area contributed by atoms with Crippen molar-refractivity contribution in [3.8, 4) is 11.1 Å². The van der Waals surface area contributed by atoms with Crippen molar-refractivity contribution in [1.82, 2.24) is 6.15 Å². The van der Waals surface area contributed by atoms with Gasteiger partial charge in [-0.3, -0.25) is 0 Å². The van der Waals surface area contributed by atoms with E-state index in [4.69, 9.17) is 0 Å². The van der Waals surface area contributed by atoms with Gasteiger partial charge in [0.1, 0.15) is 5.69 Å². The molecule has 3 aromatic carbocycles. The summed E-state index contributed by atoms with van der Waals surface area (Å²) < 4.78 is 1.90. The minimum atomic E-state index is 0. The van der Waals surface area contributed by atoms with Crippen molar-refractivity contribution in [2.24, 2.45) is 10.2 Å². The first-order chi connectivity index (χ1) is 10.7. The third-order valence-electron chi connectivity index (χ3n) is 3.13. The smallest absolute Gasteiger partial charge is 0.108 e. The molecular weight excluding hydrogens is 418 g/mol. The van der Waals surface area contributed by atoms with Crippen LogP contribution < -0.4 is 6.15 Å². The fourth-order valence-electron chi connectivity index (χ4n) is 2.11. The largest absolute Gasteiger partial charge is 0.344 e. The van der Waals surface area contributed by atoms with Gasteiger partial charge in [-0.1, -0.05) is 64.5 Å². The predicted octanol–water partition coefficient (Wildman–Crippen LogP) is 7.46. The summed E-state index contributed by atoms with van der Waals surface area (Å²) in [6.07, 6.45) is 0. The van der Waals surface area contributed by atoms with Crippen molar-refractivity contribution >= 4 is 43.2 Å². The Bertz CT molecular complexity index is 803. The Hall–Kier alpha value is -1.82. The standard InChI is InChI=1S/C18H12Br2N2.H3N/c19-14-11-16(13-7-3-1-4-8-13)18(17(20)12-14)22-21-15-9-5-2-6-10-15;/h1-12H;1H3/b22-21+;. The number of rotatable bonds is 3. The summed E-state index contributed by atoms with van der Waals surface area (Å²) in [5, 5.41) is 8.78. The van der Waals surface area contributed by atoms with Crippen LogP contribution in [0.25, 0.3) is 11.1 Å². The molecule has 0 aliphatic heterocycles. The van der Waals surface area contributed by atoms with Crippen molar-refractivity contribution < 1.29 is 0 Å². The van der Waals surface area contributed by atoms with Gasteiger partial charge in [0.25, 0.3) is 0 Å². The summed E-state index contributed by atoms with van der Waals surface area (Å²) >= 11 is 7.12. The van der Waals surface area contributed by atoms with Gasteiger partial charge in [0.2, 0.25) is 0 Å². The summed E-state index contributed by atoms with van der Waals surface area (Å²) in [5.41, 5.74) is 3.78. The molecule has 0 amide bonds. The molecule has 116 valence electrons. The van der Waals surface area contributed by atoms with Gasteiger partial charge < -0.3 is 6.15 Å². The van der Waals surface area contributed by atoms with Crippen LogP contribution in [-0.4, -0.2) is 0 Å². The van der Waals surface area contributed by atoms with Gasteiger partial charge in [-0.2, -0.15) is 5.11 Å². The first-order valence-electron chi connectivity index (χ1n) is 6.75. The van der Waals surface area contributed by atoms with Crippen LogP contribution in [0.4, 0.5) is 11.4 Å². The van der Waals surface area contributed by atoms with E-state index in [0.717, 1.165) is 31.4 Å². The molecule has 0 saturated heterocycles. The molecule has 3 rings (SSSR count). The van der Waals surface area contributed by atoms with E-state index < -0.39 is 0 Å². The highest BCUT2D eigenvalue weighted by Crippen LogP contribution is 2.40. The lowest BCUT2D eigenvalue weighted by Gasteiger charge is -2.08. The van der Waals surface area contributed by atoms with Gasteiger partial charge in [-0.15, -0.1) is 5.11 Å². The van der Waals surface area contributed by atoms with E-state index in [0.29, 0.717) is 0 Å². The van der Waals surface area contributed by atoms with Crippen LogP contribution >= 0.6 is 31.9 Å².